The van der Waals surface area contributed by atoms with Crippen LogP contribution in [0.2, 0.25) is 0 Å². The molecule has 0 saturated heterocycles. The summed E-state index contributed by atoms with van der Waals surface area (Å²) < 4.78 is 13.8. The highest BCUT2D eigenvalue weighted by Gasteiger charge is 2.27. The van der Waals surface area contributed by atoms with Gasteiger partial charge in [-0.3, -0.25) is 4.90 Å². The van der Waals surface area contributed by atoms with E-state index in [1.165, 1.54) is 5.69 Å². The summed E-state index contributed by atoms with van der Waals surface area (Å²) in [7, 11) is 0. The van der Waals surface area contributed by atoms with E-state index in [9.17, 15) is 0 Å². The third-order valence-corrected chi connectivity index (χ3v) is 4.86. The lowest BCUT2D eigenvalue weighted by molar-refractivity contribution is 0.142. The fourth-order valence-corrected chi connectivity index (χ4v) is 3.59. The van der Waals surface area contributed by atoms with E-state index in [0.29, 0.717) is 17.7 Å². The van der Waals surface area contributed by atoms with E-state index in [4.69, 9.17) is 13.8 Å². The molecule has 0 radical (unpaired) electrons. The SMILES string of the molecule is CCC1c2cccn2CCN1Cc1nc(-c2ccc(C)o2)oc1C. The largest absolute Gasteiger partial charge is 0.456 e. The van der Waals surface area contributed by atoms with Gasteiger partial charge in [-0.05, 0) is 44.5 Å². The van der Waals surface area contributed by atoms with Crippen molar-refractivity contribution in [3.63, 3.8) is 0 Å². The molecule has 5 heteroatoms. The van der Waals surface area contributed by atoms with Crippen molar-refractivity contribution in [2.45, 2.75) is 46.3 Å². The van der Waals surface area contributed by atoms with Crippen molar-refractivity contribution in [1.29, 1.82) is 0 Å². The van der Waals surface area contributed by atoms with Gasteiger partial charge in [0.15, 0.2) is 5.76 Å². The summed E-state index contributed by atoms with van der Waals surface area (Å²) in [5.74, 6) is 3.01. The quantitative estimate of drug-likeness (QED) is 0.717. The van der Waals surface area contributed by atoms with Gasteiger partial charge in [-0.2, -0.15) is 0 Å². The molecule has 0 fully saturated rings. The maximum atomic E-state index is 5.84. The van der Waals surface area contributed by atoms with Gasteiger partial charge in [0.05, 0.1) is 11.7 Å². The molecule has 4 heterocycles. The fourth-order valence-electron chi connectivity index (χ4n) is 3.59. The highest BCUT2D eigenvalue weighted by molar-refractivity contribution is 5.45. The van der Waals surface area contributed by atoms with E-state index in [0.717, 1.165) is 43.3 Å². The first-order chi connectivity index (χ1) is 11.7. The van der Waals surface area contributed by atoms with Crippen LogP contribution in [0.15, 0.2) is 39.3 Å². The molecule has 4 rings (SSSR count). The average Bonchev–Trinajstić information content (AvgIpc) is 3.28. The maximum absolute atomic E-state index is 5.84. The van der Waals surface area contributed by atoms with Crippen LogP contribution in [0.3, 0.4) is 0 Å². The maximum Gasteiger partial charge on any atom is 0.263 e. The van der Waals surface area contributed by atoms with Gasteiger partial charge >= 0.3 is 0 Å². The van der Waals surface area contributed by atoms with Gasteiger partial charge in [0, 0.05) is 31.5 Å². The predicted octanol–water partition coefficient (Wildman–Crippen LogP) is 4.32. The Hall–Kier alpha value is -2.27. The van der Waals surface area contributed by atoms with Gasteiger partial charge in [-0.25, -0.2) is 4.98 Å². The number of rotatable bonds is 4. The van der Waals surface area contributed by atoms with E-state index in [1.54, 1.807) is 0 Å². The molecule has 1 aliphatic rings. The van der Waals surface area contributed by atoms with Crippen LogP contribution in [0.1, 0.15) is 42.3 Å². The molecular weight excluding hydrogens is 302 g/mol. The normalized spacial score (nSPS) is 18.0. The van der Waals surface area contributed by atoms with E-state index < -0.39 is 0 Å². The van der Waals surface area contributed by atoms with Crippen LogP contribution >= 0.6 is 0 Å². The van der Waals surface area contributed by atoms with Crippen molar-refractivity contribution in [1.82, 2.24) is 14.5 Å². The predicted molar refractivity (Wildman–Crippen MR) is 91.6 cm³/mol. The second kappa shape index (κ2) is 5.98. The van der Waals surface area contributed by atoms with E-state index in [-0.39, 0.29) is 0 Å². The molecule has 3 aromatic heterocycles. The topological polar surface area (TPSA) is 47.3 Å². The molecule has 0 bridgehead atoms. The molecule has 0 N–H and O–H groups in total. The molecule has 0 amide bonds. The second-order valence-electron chi connectivity index (χ2n) is 6.45. The van der Waals surface area contributed by atoms with Gasteiger partial charge in [0.2, 0.25) is 0 Å². The fraction of sp³-hybridized carbons (Fsp3) is 0.421. The Bertz CT molecular complexity index is 843. The first-order valence-electron chi connectivity index (χ1n) is 8.58. The molecule has 0 aromatic carbocycles. The minimum absolute atomic E-state index is 0.430. The summed E-state index contributed by atoms with van der Waals surface area (Å²) in [5.41, 5.74) is 2.39. The molecule has 0 saturated carbocycles. The zero-order chi connectivity index (χ0) is 16.7. The van der Waals surface area contributed by atoms with Crippen LogP contribution < -0.4 is 0 Å². The van der Waals surface area contributed by atoms with Gasteiger partial charge < -0.3 is 13.4 Å². The molecule has 1 atom stereocenters. The Labute approximate surface area is 141 Å². The van der Waals surface area contributed by atoms with E-state index >= 15 is 0 Å². The third kappa shape index (κ3) is 2.59. The van der Waals surface area contributed by atoms with Crippen LogP contribution in [0.4, 0.5) is 0 Å². The number of furan rings is 1. The average molecular weight is 325 g/mol. The van der Waals surface area contributed by atoms with Crippen LogP contribution in [0.25, 0.3) is 11.7 Å². The van der Waals surface area contributed by atoms with Crippen molar-refractivity contribution in [3.05, 3.63) is 53.4 Å². The van der Waals surface area contributed by atoms with Crippen molar-refractivity contribution < 1.29 is 8.83 Å². The minimum atomic E-state index is 0.430. The standard InChI is InChI=1S/C19H23N3O2/c1-4-16-17-6-5-9-21(17)10-11-22(16)12-15-14(3)24-19(20-15)18-8-7-13(2)23-18/h5-9,16H,4,10-12H2,1-3H3. The molecule has 5 nitrogen and oxygen atoms in total. The molecule has 24 heavy (non-hydrogen) atoms. The van der Waals surface area contributed by atoms with Gasteiger partial charge in [-0.15, -0.1) is 0 Å². The van der Waals surface area contributed by atoms with E-state index in [2.05, 4.69) is 34.7 Å². The Kier molecular flexibility index (Phi) is 3.81. The molecule has 0 aliphatic carbocycles. The van der Waals surface area contributed by atoms with Crippen molar-refractivity contribution in [3.8, 4) is 11.7 Å². The van der Waals surface area contributed by atoms with Crippen molar-refractivity contribution >= 4 is 0 Å². The monoisotopic (exact) mass is 325 g/mol. The lowest BCUT2D eigenvalue weighted by Crippen LogP contribution is -2.37. The van der Waals surface area contributed by atoms with Gasteiger partial charge in [0.25, 0.3) is 5.89 Å². The molecule has 1 unspecified atom stereocenters. The number of oxazole rings is 1. The smallest absolute Gasteiger partial charge is 0.263 e. The Morgan fingerprint density at radius 3 is 2.79 bits per heavy atom. The number of aryl methyl sites for hydroxylation is 2. The Balaban J connectivity index is 1.58. The highest BCUT2D eigenvalue weighted by Crippen LogP contribution is 2.31. The lowest BCUT2D eigenvalue weighted by atomic mass is 10.1. The first kappa shape index (κ1) is 15.3. The Morgan fingerprint density at radius 1 is 1.17 bits per heavy atom. The molecule has 1 aliphatic heterocycles. The highest BCUT2D eigenvalue weighted by atomic mass is 16.4. The minimum Gasteiger partial charge on any atom is -0.456 e. The molecule has 126 valence electrons. The van der Waals surface area contributed by atoms with Crippen molar-refractivity contribution in [2.75, 3.05) is 6.54 Å². The van der Waals surface area contributed by atoms with Gasteiger partial charge in [0.1, 0.15) is 11.5 Å². The van der Waals surface area contributed by atoms with E-state index in [1.807, 2.05) is 26.0 Å². The zero-order valence-corrected chi connectivity index (χ0v) is 14.5. The summed E-state index contributed by atoms with van der Waals surface area (Å²) in [6.45, 7) is 9.01. The summed E-state index contributed by atoms with van der Waals surface area (Å²) in [6, 6.07) is 8.64. The summed E-state index contributed by atoms with van der Waals surface area (Å²) >= 11 is 0. The number of fused-ring (bicyclic) bond motifs is 1. The number of hydrogen-bond donors (Lipinski definition) is 0. The molecule has 3 aromatic rings. The van der Waals surface area contributed by atoms with Crippen molar-refractivity contribution in [2.24, 2.45) is 0 Å². The van der Waals surface area contributed by atoms with Crippen LogP contribution in [-0.4, -0.2) is 21.0 Å². The van der Waals surface area contributed by atoms with Gasteiger partial charge in [-0.1, -0.05) is 6.92 Å². The molecular formula is C19H23N3O2. The molecule has 0 spiro atoms. The first-order valence-corrected chi connectivity index (χ1v) is 8.58. The third-order valence-electron chi connectivity index (χ3n) is 4.86. The summed E-state index contributed by atoms with van der Waals surface area (Å²) in [5, 5.41) is 0. The second-order valence-corrected chi connectivity index (χ2v) is 6.45. The van der Waals surface area contributed by atoms with Crippen LogP contribution in [-0.2, 0) is 13.1 Å². The summed E-state index contributed by atoms with van der Waals surface area (Å²) in [4.78, 5) is 7.19. The van der Waals surface area contributed by atoms with Crippen LogP contribution in [0, 0.1) is 13.8 Å². The lowest BCUT2D eigenvalue weighted by Gasteiger charge is -2.36. The number of nitrogens with zero attached hydrogens (tertiary/aromatic N) is 3. The number of aromatic nitrogens is 2. The van der Waals surface area contributed by atoms with Crippen LogP contribution in [0.5, 0.6) is 0 Å². The zero-order valence-electron chi connectivity index (χ0n) is 14.5. The Morgan fingerprint density at radius 2 is 2.04 bits per heavy atom. The summed E-state index contributed by atoms with van der Waals surface area (Å²) in [6.07, 6.45) is 3.26. The number of hydrogen-bond acceptors (Lipinski definition) is 4.